The first-order chi connectivity index (χ1) is 12.6. The third kappa shape index (κ3) is 3.85. The molecule has 0 atom stereocenters. The van der Waals surface area contributed by atoms with Gasteiger partial charge in [-0.1, -0.05) is 23.4 Å². The van der Waals surface area contributed by atoms with Gasteiger partial charge in [-0.05, 0) is 44.2 Å². The molecule has 26 heavy (non-hydrogen) atoms. The fourth-order valence-electron chi connectivity index (χ4n) is 2.51. The van der Waals surface area contributed by atoms with E-state index in [1.807, 2.05) is 44.2 Å². The molecule has 0 saturated heterocycles. The van der Waals surface area contributed by atoms with Gasteiger partial charge in [0.2, 0.25) is 0 Å². The van der Waals surface area contributed by atoms with Crippen molar-refractivity contribution in [1.82, 2.24) is 5.16 Å². The average Bonchev–Trinajstić information content (AvgIpc) is 2.98. The molecule has 0 unspecified atom stereocenters. The van der Waals surface area contributed by atoms with Crippen molar-refractivity contribution < 1.29 is 18.8 Å². The largest absolute Gasteiger partial charge is 0.493 e. The number of rotatable bonds is 6. The zero-order chi connectivity index (χ0) is 18.5. The molecule has 0 aliphatic carbocycles. The van der Waals surface area contributed by atoms with E-state index in [1.54, 1.807) is 18.2 Å². The second-order valence-electron chi connectivity index (χ2n) is 5.78. The van der Waals surface area contributed by atoms with Crippen molar-refractivity contribution in [3.63, 3.8) is 0 Å². The monoisotopic (exact) mass is 352 g/mol. The number of hydrogen-bond donors (Lipinski definition) is 1. The number of carbonyl (C=O) groups is 1. The van der Waals surface area contributed by atoms with Crippen molar-refractivity contribution in [2.75, 3.05) is 12.4 Å². The van der Waals surface area contributed by atoms with Crippen LogP contribution in [-0.2, 0) is 6.61 Å². The highest BCUT2D eigenvalue weighted by Crippen LogP contribution is 2.29. The number of hydrogen-bond acceptors (Lipinski definition) is 5. The van der Waals surface area contributed by atoms with Crippen LogP contribution in [0.3, 0.4) is 0 Å². The standard InChI is InChI=1S/C20H20N2O4/c1-13-17(14(2)26-22-13)12-25-18-10-9-15(11-19(18)24-3)20(23)21-16-7-5-4-6-8-16/h4-11H,12H2,1-3H3,(H,21,23). The summed E-state index contributed by atoms with van der Waals surface area (Å²) in [6.45, 7) is 4.02. The number of nitrogens with one attached hydrogen (secondary N) is 1. The van der Waals surface area contributed by atoms with Gasteiger partial charge in [0, 0.05) is 11.3 Å². The fraction of sp³-hybridized carbons (Fsp3) is 0.200. The Kier molecular flexibility index (Phi) is 5.22. The van der Waals surface area contributed by atoms with E-state index in [0.29, 0.717) is 23.7 Å². The third-order valence-corrected chi connectivity index (χ3v) is 4.01. The number of carbonyl (C=O) groups excluding carboxylic acids is 1. The Morgan fingerprint density at radius 2 is 1.88 bits per heavy atom. The number of benzene rings is 2. The van der Waals surface area contributed by atoms with Crippen LogP contribution in [0.5, 0.6) is 11.5 Å². The summed E-state index contributed by atoms with van der Waals surface area (Å²) in [6.07, 6.45) is 0. The SMILES string of the molecule is COc1cc(C(=O)Nc2ccccc2)ccc1OCc1c(C)noc1C. The average molecular weight is 352 g/mol. The van der Waals surface area contributed by atoms with Crippen LogP contribution in [0.4, 0.5) is 5.69 Å². The summed E-state index contributed by atoms with van der Waals surface area (Å²) in [5.41, 5.74) is 2.91. The minimum atomic E-state index is -0.216. The van der Waals surface area contributed by atoms with Gasteiger partial charge < -0.3 is 19.3 Å². The van der Waals surface area contributed by atoms with E-state index in [4.69, 9.17) is 14.0 Å². The highest BCUT2D eigenvalue weighted by atomic mass is 16.5. The maximum atomic E-state index is 12.4. The number of aryl methyl sites for hydroxylation is 2. The van der Waals surface area contributed by atoms with Gasteiger partial charge in [-0.2, -0.15) is 0 Å². The Balaban J connectivity index is 1.74. The van der Waals surface area contributed by atoms with Crippen molar-refractivity contribution in [3.05, 3.63) is 71.1 Å². The molecule has 2 aromatic carbocycles. The Hall–Kier alpha value is -3.28. The van der Waals surface area contributed by atoms with Crippen LogP contribution in [-0.4, -0.2) is 18.2 Å². The molecule has 1 heterocycles. The third-order valence-electron chi connectivity index (χ3n) is 4.01. The lowest BCUT2D eigenvalue weighted by atomic mass is 10.1. The smallest absolute Gasteiger partial charge is 0.255 e. The number of amides is 1. The first kappa shape index (κ1) is 17.5. The highest BCUT2D eigenvalue weighted by molar-refractivity contribution is 6.04. The topological polar surface area (TPSA) is 73.6 Å². The van der Waals surface area contributed by atoms with E-state index in [1.165, 1.54) is 7.11 Å². The van der Waals surface area contributed by atoms with Gasteiger partial charge in [-0.3, -0.25) is 4.79 Å². The number of anilines is 1. The van der Waals surface area contributed by atoms with Crippen molar-refractivity contribution in [1.29, 1.82) is 0 Å². The first-order valence-corrected chi connectivity index (χ1v) is 8.17. The van der Waals surface area contributed by atoms with E-state index in [-0.39, 0.29) is 5.91 Å². The zero-order valence-corrected chi connectivity index (χ0v) is 14.9. The van der Waals surface area contributed by atoms with Crippen LogP contribution in [0.2, 0.25) is 0 Å². The van der Waals surface area contributed by atoms with Gasteiger partial charge in [-0.25, -0.2) is 0 Å². The predicted octanol–water partition coefficient (Wildman–Crippen LogP) is 4.13. The molecule has 0 radical (unpaired) electrons. The maximum absolute atomic E-state index is 12.4. The van der Waals surface area contributed by atoms with Crippen LogP contribution in [0.1, 0.15) is 27.4 Å². The van der Waals surface area contributed by atoms with E-state index in [9.17, 15) is 4.79 Å². The van der Waals surface area contributed by atoms with E-state index in [0.717, 1.165) is 22.7 Å². The van der Waals surface area contributed by atoms with Gasteiger partial charge in [0.1, 0.15) is 12.4 Å². The summed E-state index contributed by atoms with van der Waals surface area (Å²) in [5.74, 6) is 1.54. The van der Waals surface area contributed by atoms with Gasteiger partial charge in [-0.15, -0.1) is 0 Å². The number of ether oxygens (including phenoxy) is 2. The summed E-state index contributed by atoms with van der Waals surface area (Å²) >= 11 is 0. The number of aromatic nitrogens is 1. The Morgan fingerprint density at radius 3 is 2.54 bits per heavy atom. The van der Waals surface area contributed by atoms with E-state index < -0.39 is 0 Å². The highest BCUT2D eigenvalue weighted by Gasteiger charge is 2.14. The molecule has 1 amide bonds. The summed E-state index contributed by atoms with van der Waals surface area (Å²) in [7, 11) is 1.54. The molecule has 6 heteroatoms. The minimum absolute atomic E-state index is 0.216. The van der Waals surface area contributed by atoms with Crippen molar-refractivity contribution >= 4 is 11.6 Å². The molecular weight excluding hydrogens is 332 g/mol. The van der Waals surface area contributed by atoms with Crippen LogP contribution >= 0.6 is 0 Å². The molecule has 3 rings (SSSR count). The molecule has 134 valence electrons. The number of para-hydroxylation sites is 1. The molecule has 0 bridgehead atoms. The quantitative estimate of drug-likeness (QED) is 0.722. The summed E-state index contributed by atoms with van der Waals surface area (Å²) in [5, 5.41) is 6.75. The Labute approximate surface area is 151 Å². The molecule has 6 nitrogen and oxygen atoms in total. The summed E-state index contributed by atoms with van der Waals surface area (Å²) in [4.78, 5) is 12.4. The van der Waals surface area contributed by atoms with Crippen LogP contribution in [0, 0.1) is 13.8 Å². The molecule has 0 aliphatic heterocycles. The molecular formula is C20H20N2O4. The first-order valence-electron chi connectivity index (χ1n) is 8.17. The van der Waals surface area contributed by atoms with Crippen LogP contribution in [0.15, 0.2) is 53.1 Å². The molecule has 0 saturated carbocycles. The van der Waals surface area contributed by atoms with E-state index >= 15 is 0 Å². The van der Waals surface area contributed by atoms with Crippen LogP contribution < -0.4 is 14.8 Å². The lowest BCUT2D eigenvalue weighted by Gasteiger charge is -2.12. The Bertz CT molecular complexity index is 884. The molecule has 0 aliphatic rings. The van der Waals surface area contributed by atoms with Crippen LogP contribution in [0.25, 0.3) is 0 Å². The van der Waals surface area contributed by atoms with Gasteiger partial charge in [0.25, 0.3) is 5.91 Å². The normalized spacial score (nSPS) is 10.4. The zero-order valence-electron chi connectivity index (χ0n) is 14.9. The second kappa shape index (κ2) is 7.74. The fourth-order valence-corrected chi connectivity index (χ4v) is 2.51. The van der Waals surface area contributed by atoms with Gasteiger partial charge in [0.15, 0.2) is 11.5 Å². The minimum Gasteiger partial charge on any atom is -0.493 e. The van der Waals surface area contributed by atoms with Gasteiger partial charge in [0.05, 0.1) is 18.4 Å². The number of methoxy groups -OCH3 is 1. The lowest BCUT2D eigenvalue weighted by molar-refractivity contribution is 0.102. The molecule has 1 N–H and O–H groups in total. The van der Waals surface area contributed by atoms with Gasteiger partial charge >= 0.3 is 0 Å². The summed E-state index contributed by atoms with van der Waals surface area (Å²) in [6, 6.07) is 14.3. The number of nitrogens with zero attached hydrogens (tertiary/aromatic N) is 1. The Morgan fingerprint density at radius 1 is 1.12 bits per heavy atom. The van der Waals surface area contributed by atoms with E-state index in [2.05, 4.69) is 10.5 Å². The molecule has 3 aromatic rings. The molecule has 0 spiro atoms. The second-order valence-corrected chi connectivity index (χ2v) is 5.78. The summed E-state index contributed by atoms with van der Waals surface area (Å²) < 4.78 is 16.3. The van der Waals surface area contributed by atoms with Crippen molar-refractivity contribution in [2.24, 2.45) is 0 Å². The maximum Gasteiger partial charge on any atom is 0.255 e. The van der Waals surface area contributed by atoms with Crippen molar-refractivity contribution in [3.8, 4) is 11.5 Å². The predicted molar refractivity (Wildman–Crippen MR) is 97.7 cm³/mol. The molecule has 0 fully saturated rings. The molecule has 1 aromatic heterocycles. The van der Waals surface area contributed by atoms with Crippen molar-refractivity contribution in [2.45, 2.75) is 20.5 Å². The lowest BCUT2D eigenvalue weighted by Crippen LogP contribution is -2.12.